The molecular weight excluding hydrogens is 693 g/mol. The van der Waals surface area contributed by atoms with Crippen molar-refractivity contribution >= 4 is 17.9 Å². The Morgan fingerprint density at radius 2 is 1.18 bits per heavy atom. The lowest BCUT2D eigenvalue weighted by Crippen LogP contribution is -2.46. The zero-order chi connectivity index (χ0) is 38.6. The van der Waals surface area contributed by atoms with Gasteiger partial charge in [0.25, 0.3) is 5.91 Å². The van der Waals surface area contributed by atoms with Gasteiger partial charge in [-0.2, -0.15) is 0 Å². The number of imidazole rings is 2. The SMILES string of the molecule is CCN(CC)[C@H](C)C(=O)N1CCC[C@H]1c1ncc(-c2ccc(-c3ccc(-c4cnc([C@@H]5CCCN5C(=O)[C@@H](c5ccccc5)N(C)C(=O)O)[nH]4)cc3)cc2)[nH]1. The van der Waals surface area contributed by atoms with Gasteiger partial charge in [-0.1, -0.05) is 92.7 Å². The molecule has 2 aliphatic heterocycles. The number of nitrogens with zero attached hydrogens (tertiary/aromatic N) is 6. The van der Waals surface area contributed by atoms with Crippen LogP contribution in [0.25, 0.3) is 33.6 Å². The molecule has 12 nitrogen and oxygen atoms in total. The highest BCUT2D eigenvalue weighted by Gasteiger charge is 2.39. The summed E-state index contributed by atoms with van der Waals surface area (Å²) in [6.07, 6.45) is 5.91. The first-order valence-corrected chi connectivity index (χ1v) is 19.3. The summed E-state index contributed by atoms with van der Waals surface area (Å²) in [5, 5.41) is 9.78. The minimum atomic E-state index is -1.16. The molecule has 3 N–H and O–H groups in total. The summed E-state index contributed by atoms with van der Waals surface area (Å²) in [7, 11) is 1.44. The third-order valence-electron chi connectivity index (χ3n) is 11.4. The Bertz CT molecular complexity index is 2090. The van der Waals surface area contributed by atoms with Crippen LogP contribution in [0.1, 0.15) is 81.8 Å². The number of hydrogen-bond donors (Lipinski definition) is 3. The van der Waals surface area contributed by atoms with E-state index < -0.39 is 12.1 Å². The van der Waals surface area contributed by atoms with E-state index >= 15 is 0 Å². The molecule has 12 heteroatoms. The maximum atomic E-state index is 13.9. The minimum absolute atomic E-state index is 0.0413. The van der Waals surface area contributed by atoms with Crippen LogP contribution in [0.2, 0.25) is 0 Å². The lowest BCUT2D eigenvalue weighted by atomic mass is 10.0. The van der Waals surface area contributed by atoms with Crippen LogP contribution in [0.3, 0.4) is 0 Å². The van der Waals surface area contributed by atoms with Crippen LogP contribution < -0.4 is 0 Å². The van der Waals surface area contributed by atoms with Crippen molar-refractivity contribution in [2.45, 2.75) is 70.6 Å². The number of carbonyl (C=O) groups excluding carboxylic acids is 2. The molecule has 4 atom stereocenters. The summed E-state index contributed by atoms with van der Waals surface area (Å²) in [5.41, 5.74) is 6.56. The smallest absolute Gasteiger partial charge is 0.407 e. The Hall–Kier alpha value is -5.75. The zero-order valence-corrected chi connectivity index (χ0v) is 32.0. The molecule has 3 aromatic carbocycles. The number of nitrogens with one attached hydrogen (secondary N) is 2. The standard InChI is InChI=1S/C43H50N8O4/c1-5-49(6-2)28(3)41(52)50-24-10-14-36(50)39-44-26-34(46-39)31-20-16-29(17-21-31)30-18-22-32(23-19-30)35-27-45-40(47-35)37-15-11-25-51(37)42(53)38(48(4)43(54)55)33-12-8-7-9-13-33/h7-9,12-13,16-23,26-28,36-38H,5-6,10-11,14-15,24-25H2,1-4H3,(H,44,46)(H,45,47)(H,54,55)/t28-,36+,37+,38-/m1/s1. The highest BCUT2D eigenvalue weighted by atomic mass is 16.4. The van der Waals surface area contributed by atoms with Gasteiger partial charge in [0, 0.05) is 20.1 Å². The predicted octanol–water partition coefficient (Wildman–Crippen LogP) is 7.54. The fraction of sp³-hybridized carbons (Fsp3) is 0.372. The van der Waals surface area contributed by atoms with Gasteiger partial charge < -0.3 is 24.9 Å². The van der Waals surface area contributed by atoms with Gasteiger partial charge in [0.2, 0.25) is 5.91 Å². The molecule has 2 aromatic heterocycles. The normalized spacial score (nSPS) is 18.1. The Morgan fingerprint density at radius 3 is 1.64 bits per heavy atom. The number of likely N-dealkylation sites (tertiary alicyclic amines) is 2. The summed E-state index contributed by atoms with van der Waals surface area (Å²) in [4.78, 5) is 62.7. The number of H-pyrrole nitrogens is 2. The molecule has 0 saturated carbocycles. The Morgan fingerprint density at radius 1 is 0.727 bits per heavy atom. The largest absolute Gasteiger partial charge is 0.465 e. The van der Waals surface area contributed by atoms with Gasteiger partial charge in [-0.05, 0) is 73.5 Å². The molecule has 0 unspecified atom stereocenters. The van der Waals surface area contributed by atoms with E-state index in [1.54, 1.807) is 23.2 Å². The number of rotatable bonds is 12. The van der Waals surface area contributed by atoms with Gasteiger partial charge in [0.1, 0.15) is 17.7 Å². The second-order valence-electron chi connectivity index (χ2n) is 14.5. The minimum Gasteiger partial charge on any atom is -0.465 e. The van der Waals surface area contributed by atoms with Gasteiger partial charge >= 0.3 is 6.09 Å². The highest BCUT2D eigenvalue weighted by Crippen LogP contribution is 2.36. The molecule has 286 valence electrons. The molecule has 2 aliphatic rings. The first kappa shape index (κ1) is 37.6. The van der Waals surface area contributed by atoms with E-state index in [4.69, 9.17) is 9.97 Å². The van der Waals surface area contributed by atoms with E-state index in [0.717, 1.165) is 89.7 Å². The number of hydrogen-bond acceptors (Lipinski definition) is 6. The second kappa shape index (κ2) is 16.3. The van der Waals surface area contributed by atoms with Gasteiger partial charge in [0.05, 0.1) is 41.9 Å². The van der Waals surface area contributed by atoms with Crippen molar-refractivity contribution in [1.29, 1.82) is 0 Å². The van der Waals surface area contributed by atoms with Crippen LogP contribution in [0.4, 0.5) is 4.79 Å². The molecule has 55 heavy (non-hydrogen) atoms. The average molecular weight is 743 g/mol. The first-order valence-electron chi connectivity index (χ1n) is 19.3. The molecule has 3 amide bonds. The molecule has 0 aliphatic carbocycles. The van der Waals surface area contributed by atoms with E-state index in [-0.39, 0.29) is 29.9 Å². The van der Waals surface area contributed by atoms with Gasteiger partial charge in [-0.3, -0.25) is 19.4 Å². The van der Waals surface area contributed by atoms with Crippen molar-refractivity contribution in [3.05, 3.63) is 108 Å². The van der Waals surface area contributed by atoms with Crippen LogP contribution in [0.15, 0.2) is 91.3 Å². The third-order valence-corrected chi connectivity index (χ3v) is 11.4. The van der Waals surface area contributed by atoms with Crippen LogP contribution in [-0.4, -0.2) is 102 Å². The van der Waals surface area contributed by atoms with Crippen molar-refractivity contribution in [2.24, 2.45) is 0 Å². The summed E-state index contributed by atoms with van der Waals surface area (Å²) >= 11 is 0. The number of carboxylic acid groups (broad SMARTS) is 1. The number of benzene rings is 3. The van der Waals surface area contributed by atoms with Crippen LogP contribution in [0, 0.1) is 0 Å². The molecule has 0 spiro atoms. The molecule has 7 rings (SSSR count). The van der Waals surface area contributed by atoms with Gasteiger partial charge in [-0.25, -0.2) is 14.8 Å². The molecule has 2 fully saturated rings. The number of likely N-dealkylation sites (N-methyl/N-ethyl adjacent to an activating group) is 2. The Kier molecular flexibility index (Phi) is 11.1. The topological polar surface area (TPSA) is 142 Å². The number of carbonyl (C=O) groups is 3. The molecule has 0 radical (unpaired) electrons. The Balaban J connectivity index is 1.02. The number of amides is 3. The predicted molar refractivity (Wildman–Crippen MR) is 212 cm³/mol. The average Bonchev–Trinajstić information content (AvgIpc) is 4.06. The van der Waals surface area contributed by atoms with Crippen molar-refractivity contribution < 1.29 is 19.5 Å². The maximum Gasteiger partial charge on any atom is 0.407 e. The summed E-state index contributed by atoms with van der Waals surface area (Å²) in [6, 6.07) is 24.3. The fourth-order valence-electron chi connectivity index (χ4n) is 8.22. The number of aromatic amines is 2. The maximum absolute atomic E-state index is 13.9. The highest BCUT2D eigenvalue weighted by molar-refractivity contribution is 5.87. The lowest BCUT2D eigenvalue weighted by molar-refractivity contribution is -0.138. The first-order chi connectivity index (χ1) is 26.7. The van der Waals surface area contributed by atoms with Gasteiger partial charge in [-0.15, -0.1) is 0 Å². The van der Waals surface area contributed by atoms with Crippen molar-refractivity contribution in [3.63, 3.8) is 0 Å². The van der Waals surface area contributed by atoms with E-state index in [1.807, 2.05) is 36.2 Å². The van der Waals surface area contributed by atoms with Crippen molar-refractivity contribution in [3.8, 4) is 33.6 Å². The quantitative estimate of drug-likeness (QED) is 0.120. The van der Waals surface area contributed by atoms with Crippen molar-refractivity contribution in [1.82, 2.24) is 39.5 Å². The van der Waals surface area contributed by atoms with E-state index in [9.17, 15) is 19.5 Å². The van der Waals surface area contributed by atoms with Crippen LogP contribution >= 0.6 is 0 Å². The third kappa shape index (κ3) is 7.64. The summed E-state index contributed by atoms with van der Waals surface area (Å²) < 4.78 is 0. The lowest BCUT2D eigenvalue weighted by Gasteiger charge is -2.32. The fourth-order valence-corrected chi connectivity index (χ4v) is 8.22. The molecule has 2 saturated heterocycles. The number of aromatic nitrogens is 4. The van der Waals surface area contributed by atoms with E-state index in [2.05, 4.69) is 77.2 Å². The monoisotopic (exact) mass is 742 g/mol. The van der Waals surface area contributed by atoms with Crippen LogP contribution in [-0.2, 0) is 9.59 Å². The molecular formula is C43H50N8O4. The summed E-state index contributed by atoms with van der Waals surface area (Å²) in [6.45, 7) is 9.16. The molecule has 0 bridgehead atoms. The zero-order valence-electron chi connectivity index (χ0n) is 32.0. The molecule has 4 heterocycles. The Labute approximate surface area is 322 Å². The summed E-state index contributed by atoms with van der Waals surface area (Å²) in [5.74, 6) is 1.44. The van der Waals surface area contributed by atoms with E-state index in [1.165, 1.54) is 7.05 Å². The van der Waals surface area contributed by atoms with E-state index in [0.29, 0.717) is 17.9 Å². The van der Waals surface area contributed by atoms with Gasteiger partial charge in [0.15, 0.2) is 0 Å². The molecule has 5 aromatic rings. The van der Waals surface area contributed by atoms with Crippen molar-refractivity contribution in [2.75, 3.05) is 33.2 Å². The second-order valence-corrected chi connectivity index (χ2v) is 14.5. The van der Waals surface area contributed by atoms with Crippen LogP contribution in [0.5, 0.6) is 0 Å².